The third-order valence-corrected chi connectivity index (χ3v) is 4.31. The van der Waals surface area contributed by atoms with Gasteiger partial charge in [0.25, 0.3) is 0 Å². The smallest absolute Gasteiger partial charge is 0.309 e. The van der Waals surface area contributed by atoms with E-state index in [0.29, 0.717) is 16.7 Å². The van der Waals surface area contributed by atoms with Crippen molar-refractivity contribution in [1.29, 1.82) is 0 Å². The first-order valence-electron chi connectivity index (χ1n) is 6.67. The first-order valence-corrected chi connectivity index (χ1v) is 7.48. The molecule has 1 N–H and O–H groups in total. The van der Waals surface area contributed by atoms with E-state index in [-0.39, 0.29) is 11.4 Å². The molecule has 21 heavy (non-hydrogen) atoms. The Bertz CT molecular complexity index is 647. The second-order valence-electron chi connectivity index (χ2n) is 5.16. The van der Waals surface area contributed by atoms with Gasteiger partial charge in [-0.25, -0.2) is 4.98 Å². The number of aryl methyl sites for hydroxylation is 1. The summed E-state index contributed by atoms with van der Waals surface area (Å²) < 4.78 is 39.3. The van der Waals surface area contributed by atoms with Crippen LogP contribution in [0.5, 0.6) is 0 Å². The fourth-order valence-corrected chi connectivity index (χ4v) is 2.98. The molecule has 0 atom stereocenters. The van der Waals surface area contributed by atoms with Crippen LogP contribution in [0, 0.1) is 6.92 Å². The van der Waals surface area contributed by atoms with Crippen molar-refractivity contribution in [2.75, 3.05) is 0 Å². The fraction of sp³-hybridized carbons (Fsp3) is 0.429. The summed E-state index contributed by atoms with van der Waals surface area (Å²) in [4.78, 5) is 8.13. The molecule has 3 nitrogen and oxygen atoms in total. The van der Waals surface area contributed by atoms with E-state index in [9.17, 15) is 13.2 Å². The van der Waals surface area contributed by atoms with Gasteiger partial charge in [-0.2, -0.15) is 13.2 Å². The fourth-order valence-electron chi connectivity index (χ4n) is 1.98. The number of alkyl halides is 3. The lowest BCUT2D eigenvalue weighted by Crippen LogP contribution is -2.18. The van der Waals surface area contributed by atoms with Gasteiger partial charge in [-0.15, -0.1) is 11.3 Å². The summed E-state index contributed by atoms with van der Waals surface area (Å²) in [5.74, 6) is 0. The largest absolute Gasteiger partial charge is 0.434 e. The van der Waals surface area contributed by atoms with Gasteiger partial charge in [0.2, 0.25) is 0 Å². The summed E-state index contributed by atoms with van der Waals surface area (Å²) in [5, 5.41) is 3.43. The van der Waals surface area contributed by atoms with Crippen molar-refractivity contribution in [3.63, 3.8) is 0 Å². The molecule has 0 saturated heterocycles. The Balaban J connectivity index is 1.94. The number of hydrogen-bond donors (Lipinski definition) is 1. The Hall–Kier alpha value is -1.47. The molecule has 1 fully saturated rings. The van der Waals surface area contributed by atoms with Crippen LogP contribution in [-0.4, -0.2) is 16.0 Å². The lowest BCUT2D eigenvalue weighted by molar-refractivity contribution is -0.141. The van der Waals surface area contributed by atoms with E-state index in [0.717, 1.165) is 29.7 Å². The van der Waals surface area contributed by atoms with Crippen LogP contribution in [0.15, 0.2) is 18.3 Å². The maximum Gasteiger partial charge on any atom is 0.434 e. The lowest BCUT2D eigenvalue weighted by Gasteiger charge is -2.06. The monoisotopic (exact) mass is 313 g/mol. The Morgan fingerprint density at radius 2 is 2.14 bits per heavy atom. The third-order valence-electron chi connectivity index (χ3n) is 3.23. The molecule has 0 aliphatic heterocycles. The number of rotatable bonds is 4. The molecule has 2 aromatic rings. The highest BCUT2D eigenvalue weighted by atomic mass is 32.1. The van der Waals surface area contributed by atoms with E-state index in [2.05, 4.69) is 15.3 Å². The first kappa shape index (κ1) is 14.5. The van der Waals surface area contributed by atoms with Crippen LogP contribution in [-0.2, 0) is 12.7 Å². The summed E-state index contributed by atoms with van der Waals surface area (Å²) in [6.07, 6.45) is -0.778. The zero-order valence-corrected chi connectivity index (χ0v) is 12.2. The topological polar surface area (TPSA) is 37.8 Å². The zero-order valence-electron chi connectivity index (χ0n) is 11.4. The van der Waals surface area contributed by atoms with E-state index in [4.69, 9.17) is 0 Å². The van der Waals surface area contributed by atoms with E-state index in [1.54, 1.807) is 18.3 Å². The minimum Gasteiger partial charge on any atom is -0.309 e. The summed E-state index contributed by atoms with van der Waals surface area (Å²) >= 11 is 1.06. The number of pyridine rings is 1. The Kier molecular flexibility index (Phi) is 3.71. The van der Waals surface area contributed by atoms with Crippen LogP contribution in [0.1, 0.15) is 29.0 Å². The lowest BCUT2D eigenvalue weighted by atomic mass is 10.2. The molecule has 3 rings (SSSR count). The molecule has 1 aliphatic rings. The third kappa shape index (κ3) is 3.41. The van der Waals surface area contributed by atoms with Crippen LogP contribution in [0.4, 0.5) is 13.2 Å². The number of aromatic nitrogens is 2. The molecule has 7 heteroatoms. The van der Waals surface area contributed by atoms with Gasteiger partial charge in [0, 0.05) is 18.8 Å². The van der Waals surface area contributed by atoms with Gasteiger partial charge in [0.05, 0.1) is 10.6 Å². The molecule has 1 aliphatic carbocycles. The van der Waals surface area contributed by atoms with Crippen molar-refractivity contribution < 1.29 is 13.2 Å². The van der Waals surface area contributed by atoms with Gasteiger partial charge >= 0.3 is 6.18 Å². The number of nitrogens with zero attached hydrogens (tertiary/aromatic N) is 2. The van der Waals surface area contributed by atoms with Gasteiger partial charge in [-0.05, 0) is 37.5 Å². The van der Waals surface area contributed by atoms with Crippen molar-refractivity contribution in [2.24, 2.45) is 0 Å². The van der Waals surface area contributed by atoms with Gasteiger partial charge in [-0.1, -0.05) is 0 Å². The zero-order chi connectivity index (χ0) is 15.0. The van der Waals surface area contributed by atoms with Crippen molar-refractivity contribution in [1.82, 2.24) is 15.3 Å². The molecule has 0 radical (unpaired) electrons. The van der Waals surface area contributed by atoms with Crippen molar-refractivity contribution in [3.8, 4) is 10.7 Å². The number of nitrogens with one attached hydrogen (secondary N) is 1. The average Bonchev–Trinajstić information content (AvgIpc) is 3.13. The maximum atomic E-state index is 13.1. The summed E-state index contributed by atoms with van der Waals surface area (Å²) in [7, 11) is 0. The standard InChI is InChI=1S/C14H14F3N3S/c1-8-4-5-18-10(6-8)13-20-12(14(15,16)17)11(21-13)7-19-9-2-3-9/h4-6,9,19H,2-3,7H2,1H3. The minimum absolute atomic E-state index is 0.211. The molecule has 0 amide bonds. The molecule has 0 bridgehead atoms. The second-order valence-corrected chi connectivity index (χ2v) is 6.25. The van der Waals surface area contributed by atoms with Crippen LogP contribution < -0.4 is 5.32 Å². The summed E-state index contributed by atoms with van der Waals surface area (Å²) in [6, 6.07) is 3.91. The normalized spacial score (nSPS) is 15.4. The number of thiazole rings is 1. The van der Waals surface area contributed by atoms with Crippen LogP contribution in [0.25, 0.3) is 10.7 Å². The molecular weight excluding hydrogens is 299 g/mol. The number of halogens is 3. The quantitative estimate of drug-likeness (QED) is 0.933. The van der Waals surface area contributed by atoms with Crippen molar-refractivity contribution in [3.05, 3.63) is 34.5 Å². The Morgan fingerprint density at radius 1 is 1.38 bits per heavy atom. The minimum atomic E-state index is -4.43. The highest BCUT2D eigenvalue weighted by Gasteiger charge is 2.38. The van der Waals surface area contributed by atoms with Gasteiger partial charge in [-0.3, -0.25) is 4.98 Å². The highest BCUT2D eigenvalue weighted by Crippen LogP contribution is 2.37. The average molecular weight is 313 g/mol. The van der Waals surface area contributed by atoms with E-state index < -0.39 is 11.9 Å². The first-order chi connectivity index (χ1) is 9.93. The molecule has 1 saturated carbocycles. The van der Waals surface area contributed by atoms with E-state index in [1.807, 2.05) is 6.92 Å². The predicted octanol–water partition coefficient (Wildman–Crippen LogP) is 3.78. The van der Waals surface area contributed by atoms with Crippen molar-refractivity contribution in [2.45, 2.75) is 38.5 Å². The second kappa shape index (κ2) is 5.38. The van der Waals surface area contributed by atoms with Crippen LogP contribution in [0.2, 0.25) is 0 Å². The highest BCUT2D eigenvalue weighted by molar-refractivity contribution is 7.15. The predicted molar refractivity (Wildman–Crippen MR) is 74.9 cm³/mol. The molecule has 0 aromatic carbocycles. The molecule has 0 spiro atoms. The molecular formula is C14H14F3N3S. The SMILES string of the molecule is Cc1ccnc(-c2nc(C(F)(F)F)c(CNC3CC3)s2)c1. The van der Waals surface area contributed by atoms with Gasteiger partial charge in [0.1, 0.15) is 5.01 Å². The van der Waals surface area contributed by atoms with E-state index >= 15 is 0 Å². The maximum absolute atomic E-state index is 13.1. The Labute approximate surface area is 124 Å². The summed E-state index contributed by atoms with van der Waals surface area (Å²) in [6.45, 7) is 2.09. The Morgan fingerprint density at radius 3 is 2.76 bits per heavy atom. The molecule has 0 unspecified atom stereocenters. The molecule has 112 valence electrons. The van der Waals surface area contributed by atoms with Crippen LogP contribution in [0.3, 0.4) is 0 Å². The summed E-state index contributed by atoms with van der Waals surface area (Å²) in [5.41, 5.74) is 0.642. The van der Waals surface area contributed by atoms with Gasteiger partial charge in [0.15, 0.2) is 5.69 Å². The van der Waals surface area contributed by atoms with E-state index in [1.165, 1.54) is 0 Å². The van der Waals surface area contributed by atoms with Gasteiger partial charge < -0.3 is 5.32 Å². The number of hydrogen-bond acceptors (Lipinski definition) is 4. The molecule has 2 aromatic heterocycles. The van der Waals surface area contributed by atoms with Crippen LogP contribution >= 0.6 is 11.3 Å². The van der Waals surface area contributed by atoms with Crippen molar-refractivity contribution >= 4 is 11.3 Å². The molecule has 2 heterocycles.